The largest absolute Gasteiger partial charge is 0.356 e. The van der Waals surface area contributed by atoms with Crippen LogP contribution in [0.5, 0.6) is 0 Å². The van der Waals surface area contributed by atoms with E-state index in [0.717, 1.165) is 19.0 Å². The number of aromatic nitrogens is 2. The second-order valence-corrected chi connectivity index (χ2v) is 7.71. The van der Waals surface area contributed by atoms with Crippen LogP contribution in [0, 0.1) is 5.92 Å². The topological polar surface area (TPSA) is 29.0 Å². The molecule has 2 aromatic heterocycles. The minimum atomic E-state index is 0.820. The van der Waals surface area contributed by atoms with Gasteiger partial charge in [-0.1, -0.05) is 19.8 Å². The molecule has 1 saturated heterocycles. The zero-order chi connectivity index (χ0) is 14.2. The van der Waals surface area contributed by atoms with E-state index in [2.05, 4.69) is 16.8 Å². The van der Waals surface area contributed by atoms with Crippen molar-refractivity contribution in [2.45, 2.75) is 51.9 Å². The van der Waals surface area contributed by atoms with Gasteiger partial charge in [0.05, 0.1) is 5.39 Å². The lowest BCUT2D eigenvalue weighted by Gasteiger charge is -2.23. The molecule has 1 atom stereocenters. The molecule has 112 valence electrons. The van der Waals surface area contributed by atoms with E-state index in [-0.39, 0.29) is 0 Å². The lowest BCUT2D eigenvalue weighted by atomic mass is 9.89. The Hall–Kier alpha value is -1.16. The van der Waals surface area contributed by atoms with Gasteiger partial charge in [-0.15, -0.1) is 11.3 Å². The third kappa shape index (κ3) is 2.44. The molecule has 3 heterocycles. The van der Waals surface area contributed by atoms with E-state index in [9.17, 15) is 0 Å². The molecule has 4 heteroatoms. The summed E-state index contributed by atoms with van der Waals surface area (Å²) in [5.74, 6) is 2.04. The molecule has 0 radical (unpaired) electrons. The number of thiophene rings is 1. The van der Waals surface area contributed by atoms with Gasteiger partial charge in [-0.3, -0.25) is 0 Å². The fourth-order valence-electron chi connectivity index (χ4n) is 3.78. The number of aryl methyl sites for hydroxylation is 1. The fourth-order valence-corrected chi connectivity index (χ4v) is 5.13. The number of nitrogens with zero attached hydrogens (tertiary/aromatic N) is 3. The van der Waals surface area contributed by atoms with Crippen molar-refractivity contribution in [1.82, 2.24) is 9.97 Å². The van der Waals surface area contributed by atoms with Crippen LogP contribution in [0.15, 0.2) is 6.33 Å². The highest BCUT2D eigenvalue weighted by atomic mass is 32.1. The van der Waals surface area contributed by atoms with E-state index >= 15 is 0 Å². The molecule has 0 saturated carbocycles. The minimum Gasteiger partial charge on any atom is -0.356 e. The van der Waals surface area contributed by atoms with Crippen LogP contribution in [-0.2, 0) is 12.8 Å². The maximum atomic E-state index is 4.69. The molecule has 1 fully saturated rings. The molecular weight excluding hydrogens is 278 g/mol. The summed E-state index contributed by atoms with van der Waals surface area (Å²) in [6, 6.07) is 0. The van der Waals surface area contributed by atoms with Gasteiger partial charge in [0.25, 0.3) is 0 Å². The fraction of sp³-hybridized carbons (Fsp3) is 0.647. The van der Waals surface area contributed by atoms with Gasteiger partial charge in [0, 0.05) is 18.0 Å². The van der Waals surface area contributed by atoms with Crippen LogP contribution in [0.25, 0.3) is 10.2 Å². The maximum Gasteiger partial charge on any atom is 0.141 e. The van der Waals surface area contributed by atoms with Crippen molar-refractivity contribution >= 4 is 27.4 Å². The predicted octanol–water partition coefficient (Wildman–Crippen LogP) is 4.20. The zero-order valence-corrected chi connectivity index (χ0v) is 13.6. The van der Waals surface area contributed by atoms with Crippen molar-refractivity contribution < 1.29 is 0 Å². The molecule has 1 aliphatic carbocycles. The summed E-state index contributed by atoms with van der Waals surface area (Å²) >= 11 is 1.91. The third-order valence-corrected chi connectivity index (χ3v) is 6.14. The average Bonchev–Trinajstić information content (AvgIpc) is 2.68. The molecule has 0 aromatic carbocycles. The Balaban J connectivity index is 1.81. The summed E-state index contributed by atoms with van der Waals surface area (Å²) in [4.78, 5) is 14.6. The first-order chi connectivity index (χ1) is 10.3. The zero-order valence-electron chi connectivity index (χ0n) is 12.8. The Bertz CT molecular complexity index is 641. The average molecular weight is 301 g/mol. The molecule has 2 aliphatic rings. The van der Waals surface area contributed by atoms with Gasteiger partial charge >= 0.3 is 0 Å². The van der Waals surface area contributed by atoms with Crippen LogP contribution >= 0.6 is 11.3 Å². The molecule has 0 N–H and O–H groups in total. The highest BCUT2D eigenvalue weighted by Gasteiger charge is 2.25. The van der Waals surface area contributed by atoms with Crippen LogP contribution in [0.4, 0.5) is 5.82 Å². The number of rotatable bonds is 1. The van der Waals surface area contributed by atoms with E-state index in [1.54, 1.807) is 16.8 Å². The second-order valence-electron chi connectivity index (χ2n) is 6.63. The van der Waals surface area contributed by atoms with Crippen molar-refractivity contribution in [3.8, 4) is 0 Å². The van der Waals surface area contributed by atoms with Crippen LogP contribution in [0.1, 0.15) is 49.5 Å². The van der Waals surface area contributed by atoms with Crippen LogP contribution < -0.4 is 4.90 Å². The van der Waals surface area contributed by atoms with Crippen molar-refractivity contribution in [2.24, 2.45) is 5.92 Å². The van der Waals surface area contributed by atoms with Crippen molar-refractivity contribution in [3.05, 3.63) is 16.8 Å². The highest BCUT2D eigenvalue weighted by molar-refractivity contribution is 7.19. The molecule has 21 heavy (non-hydrogen) atoms. The predicted molar refractivity (Wildman–Crippen MR) is 89.3 cm³/mol. The Morgan fingerprint density at radius 2 is 1.95 bits per heavy atom. The summed E-state index contributed by atoms with van der Waals surface area (Å²) in [6.07, 6.45) is 10.9. The van der Waals surface area contributed by atoms with Crippen molar-refractivity contribution in [2.75, 3.05) is 18.0 Å². The van der Waals surface area contributed by atoms with Gasteiger partial charge in [-0.25, -0.2) is 9.97 Å². The summed E-state index contributed by atoms with van der Waals surface area (Å²) in [5.41, 5.74) is 1.56. The first kappa shape index (κ1) is 13.5. The highest BCUT2D eigenvalue weighted by Crippen LogP contribution is 2.40. The quantitative estimate of drug-likeness (QED) is 0.790. The molecule has 3 nitrogen and oxygen atoms in total. The Morgan fingerprint density at radius 1 is 1.14 bits per heavy atom. The van der Waals surface area contributed by atoms with Gasteiger partial charge in [0.15, 0.2) is 0 Å². The number of hydrogen-bond donors (Lipinski definition) is 0. The third-order valence-electron chi connectivity index (χ3n) is 4.98. The smallest absolute Gasteiger partial charge is 0.141 e. The van der Waals surface area contributed by atoms with E-state index < -0.39 is 0 Å². The van der Waals surface area contributed by atoms with Gasteiger partial charge < -0.3 is 4.90 Å². The molecule has 4 rings (SSSR count). The molecule has 1 aliphatic heterocycles. The van der Waals surface area contributed by atoms with Crippen molar-refractivity contribution in [1.29, 1.82) is 0 Å². The Kier molecular flexibility index (Phi) is 3.57. The molecule has 1 unspecified atom stereocenters. The standard InChI is InChI=1S/C17H23N3S/c1-12-6-7-13-14(10-12)21-17-15(13)16(18-11-19-17)20-8-4-2-3-5-9-20/h11-12H,2-10H2,1H3. The minimum absolute atomic E-state index is 0.820. The second kappa shape index (κ2) is 5.56. The van der Waals surface area contributed by atoms with Crippen molar-refractivity contribution in [3.63, 3.8) is 0 Å². The normalized spacial score (nSPS) is 23.1. The lowest BCUT2D eigenvalue weighted by molar-refractivity contribution is 0.509. The molecule has 0 amide bonds. The Labute approximate surface area is 130 Å². The SMILES string of the molecule is CC1CCc2c(sc3ncnc(N4CCCCCC4)c23)C1. The van der Waals surface area contributed by atoms with Crippen LogP contribution in [-0.4, -0.2) is 23.1 Å². The van der Waals surface area contributed by atoms with E-state index in [1.165, 1.54) is 61.0 Å². The van der Waals surface area contributed by atoms with Gasteiger partial charge in [0.1, 0.15) is 17.0 Å². The monoisotopic (exact) mass is 301 g/mol. The number of fused-ring (bicyclic) bond motifs is 3. The molecule has 0 spiro atoms. The first-order valence-electron chi connectivity index (χ1n) is 8.33. The number of anilines is 1. The summed E-state index contributed by atoms with van der Waals surface area (Å²) in [5, 5.41) is 1.38. The summed E-state index contributed by atoms with van der Waals surface area (Å²) < 4.78 is 0. The van der Waals surface area contributed by atoms with Crippen LogP contribution in [0.3, 0.4) is 0 Å². The van der Waals surface area contributed by atoms with E-state index in [1.807, 2.05) is 11.3 Å². The lowest BCUT2D eigenvalue weighted by Crippen LogP contribution is -2.25. The Morgan fingerprint density at radius 3 is 2.76 bits per heavy atom. The summed E-state index contributed by atoms with van der Waals surface area (Å²) in [6.45, 7) is 4.69. The maximum absolute atomic E-state index is 4.69. The van der Waals surface area contributed by atoms with Gasteiger partial charge in [0.2, 0.25) is 0 Å². The van der Waals surface area contributed by atoms with Gasteiger partial charge in [-0.05, 0) is 43.6 Å². The molecular formula is C17H23N3S. The van der Waals surface area contributed by atoms with E-state index in [4.69, 9.17) is 4.98 Å². The summed E-state index contributed by atoms with van der Waals surface area (Å²) in [7, 11) is 0. The number of hydrogen-bond acceptors (Lipinski definition) is 4. The molecule has 2 aromatic rings. The van der Waals surface area contributed by atoms with Crippen LogP contribution in [0.2, 0.25) is 0 Å². The van der Waals surface area contributed by atoms with Gasteiger partial charge in [-0.2, -0.15) is 0 Å². The first-order valence-corrected chi connectivity index (χ1v) is 9.15. The van der Waals surface area contributed by atoms with E-state index in [0.29, 0.717) is 0 Å². The molecule has 0 bridgehead atoms.